The molecular weight excluding hydrogens is 293 g/mol. The molecule has 0 radical (unpaired) electrons. The van der Waals surface area contributed by atoms with Crippen LogP contribution in [0.4, 0.5) is 18.9 Å². The molecule has 9 heteroatoms. The second kappa shape index (κ2) is 5.43. The Balaban J connectivity index is 2.27. The smallest absolute Gasteiger partial charge is 0.420 e. The summed E-state index contributed by atoms with van der Waals surface area (Å²) in [5.41, 5.74) is -1.31. The van der Waals surface area contributed by atoms with Crippen LogP contribution >= 0.6 is 0 Å². The van der Waals surface area contributed by atoms with E-state index in [0.29, 0.717) is 11.8 Å². The Bertz CT molecular complexity index is 667. The lowest BCUT2D eigenvalue weighted by Gasteiger charge is -2.12. The monoisotopic (exact) mass is 302 g/mol. The average Bonchev–Trinajstić information content (AvgIpc) is 2.81. The van der Waals surface area contributed by atoms with Gasteiger partial charge < -0.3 is 9.26 Å². The third-order valence-electron chi connectivity index (χ3n) is 2.53. The summed E-state index contributed by atoms with van der Waals surface area (Å²) in [7, 11) is 0. The van der Waals surface area contributed by atoms with Crippen LogP contribution in [0.25, 0.3) is 0 Å². The number of nitro benzene ring substituents is 1. The Hall–Kier alpha value is -2.58. The third kappa shape index (κ3) is 3.50. The Kier molecular flexibility index (Phi) is 3.83. The zero-order chi connectivity index (χ0) is 15.6. The molecule has 0 N–H and O–H groups in total. The number of hydrogen-bond acceptors (Lipinski definition) is 5. The summed E-state index contributed by atoms with van der Waals surface area (Å²) in [6.07, 6.45) is -4.77. The highest BCUT2D eigenvalue weighted by molar-refractivity contribution is 5.45. The molecule has 0 aliphatic carbocycles. The van der Waals surface area contributed by atoms with Gasteiger partial charge in [0.15, 0.2) is 5.76 Å². The standard InChI is InChI=1S/C12H9F3N2O4/c1-7-4-9(21-16-7)6-20-11-3-2-8(17(18)19)5-10(11)12(13,14)15/h2-5H,6H2,1H3. The second-order valence-electron chi connectivity index (χ2n) is 4.16. The van der Waals surface area contributed by atoms with Gasteiger partial charge >= 0.3 is 6.18 Å². The van der Waals surface area contributed by atoms with Crippen molar-refractivity contribution in [3.8, 4) is 5.75 Å². The molecule has 0 aliphatic heterocycles. The van der Waals surface area contributed by atoms with E-state index < -0.39 is 28.1 Å². The van der Waals surface area contributed by atoms with Crippen LogP contribution in [0.3, 0.4) is 0 Å². The van der Waals surface area contributed by atoms with Crippen LogP contribution < -0.4 is 4.74 Å². The van der Waals surface area contributed by atoms with Crippen LogP contribution in [0, 0.1) is 17.0 Å². The minimum absolute atomic E-state index is 0.249. The Morgan fingerprint density at radius 1 is 1.38 bits per heavy atom. The zero-order valence-electron chi connectivity index (χ0n) is 10.7. The van der Waals surface area contributed by atoms with Gasteiger partial charge in [-0.3, -0.25) is 10.1 Å². The summed E-state index contributed by atoms with van der Waals surface area (Å²) in [4.78, 5) is 9.64. The fourth-order valence-corrected chi connectivity index (χ4v) is 1.61. The highest BCUT2D eigenvalue weighted by Crippen LogP contribution is 2.38. The average molecular weight is 302 g/mol. The molecule has 1 aromatic heterocycles. The molecule has 0 aliphatic rings. The van der Waals surface area contributed by atoms with Gasteiger partial charge in [0.2, 0.25) is 0 Å². The molecule has 112 valence electrons. The van der Waals surface area contributed by atoms with Crippen molar-refractivity contribution in [2.24, 2.45) is 0 Å². The van der Waals surface area contributed by atoms with Gasteiger partial charge in [-0.15, -0.1) is 0 Å². The topological polar surface area (TPSA) is 78.4 Å². The first-order valence-corrected chi connectivity index (χ1v) is 5.68. The normalized spacial score (nSPS) is 11.4. The molecule has 0 saturated heterocycles. The number of rotatable bonds is 4. The lowest BCUT2D eigenvalue weighted by Crippen LogP contribution is -2.09. The second-order valence-corrected chi connectivity index (χ2v) is 4.16. The molecule has 2 aromatic rings. The summed E-state index contributed by atoms with van der Waals surface area (Å²) < 4.78 is 48.5. The van der Waals surface area contributed by atoms with Crippen LogP contribution in [0.2, 0.25) is 0 Å². The molecule has 0 amide bonds. The summed E-state index contributed by atoms with van der Waals surface area (Å²) in [5, 5.41) is 14.1. The van der Waals surface area contributed by atoms with Crippen molar-refractivity contribution in [3.05, 3.63) is 51.4 Å². The van der Waals surface area contributed by atoms with Crippen molar-refractivity contribution in [1.29, 1.82) is 0 Å². The van der Waals surface area contributed by atoms with E-state index in [2.05, 4.69) is 5.16 Å². The van der Waals surface area contributed by atoms with Crippen LogP contribution in [0.15, 0.2) is 28.8 Å². The number of non-ortho nitro benzene ring substituents is 1. The number of nitrogens with zero attached hydrogens (tertiary/aromatic N) is 2. The van der Waals surface area contributed by atoms with E-state index in [1.165, 1.54) is 6.07 Å². The first-order chi connectivity index (χ1) is 9.77. The Labute approximate surface area is 116 Å². The molecule has 21 heavy (non-hydrogen) atoms. The highest BCUT2D eigenvalue weighted by Gasteiger charge is 2.36. The van der Waals surface area contributed by atoms with E-state index in [1.807, 2.05) is 0 Å². The number of benzene rings is 1. The maximum Gasteiger partial charge on any atom is 0.420 e. The number of nitro groups is 1. The van der Waals surface area contributed by atoms with Gasteiger partial charge in [-0.2, -0.15) is 13.2 Å². The minimum atomic E-state index is -4.77. The molecule has 0 fully saturated rings. The number of aryl methyl sites for hydroxylation is 1. The van der Waals surface area contributed by atoms with Gasteiger partial charge in [0.25, 0.3) is 5.69 Å². The predicted molar refractivity (Wildman–Crippen MR) is 63.7 cm³/mol. The van der Waals surface area contributed by atoms with Gasteiger partial charge in [0.05, 0.1) is 10.6 Å². The van der Waals surface area contributed by atoms with Crippen LogP contribution in [0.1, 0.15) is 17.0 Å². The van der Waals surface area contributed by atoms with E-state index in [9.17, 15) is 23.3 Å². The van der Waals surface area contributed by atoms with Crippen LogP contribution in [-0.2, 0) is 12.8 Å². The minimum Gasteiger partial charge on any atom is -0.485 e. The summed E-state index contributed by atoms with van der Waals surface area (Å²) >= 11 is 0. The fourth-order valence-electron chi connectivity index (χ4n) is 1.61. The molecule has 2 rings (SSSR count). The fraction of sp³-hybridized carbons (Fsp3) is 0.250. The molecule has 1 aromatic carbocycles. The van der Waals surface area contributed by atoms with Crippen LogP contribution in [-0.4, -0.2) is 10.1 Å². The lowest BCUT2D eigenvalue weighted by atomic mass is 10.1. The van der Waals surface area contributed by atoms with E-state index in [0.717, 1.165) is 12.1 Å². The molecular formula is C12H9F3N2O4. The number of halogens is 3. The maximum absolute atomic E-state index is 12.9. The van der Waals surface area contributed by atoms with Crippen molar-refractivity contribution in [1.82, 2.24) is 5.16 Å². The van der Waals surface area contributed by atoms with E-state index in [4.69, 9.17) is 9.26 Å². The highest BCUT2D eigenvalue weighted by atomic mass is 19.4. The van der Waals surface area contributed by atoms with Crippen molar-refractivity contribution < 1.29 is 27.4 Å². The van der Waals surface area contributed by atoms with E-state index in [-0.39, 0.29) is 12.4 Å². The molecule has 0 saturated carbocycles. The van der Waals surface area contributed by atoms with Gasteiger partial charge in [-0.25, -0.2) is 0 Å². The Morgan fingerprint density at radius 3 is 2.62 bits per heavy atom. The summed E-state index contributed by atoms with van der Waals surface area (Å²) in [6.45, 7) is 1.39. The summed E-state index contributed by atoms with van der Waals surface area (Å²) in [6, 6.07) is 3.79. The largest absolute Gasteiger partial charge is 0.485 e. The molecule has 0 bridgehead atoms. The number of hydrogen-bond donors (Lipinski definition) is 0. The maximum atomic E-state index is 12.9. The van der Waals surface area contributed by atoms with Crippen molar-refractivity contribution in [2.75, 3.05) is 0 Å². The van der Waals surface area contributed by atoms with Gasteiger partial charge in [0, 0.05) is 18.2 Å². The predicted octanol–water partition coefficient (Wildman–Crippen LogP) is 3.49. The first kappa shape index (κ1) is 14.8. The van der Waals surface area contributed by atoms with Crippen LogP contribution in [0.5, 0.6) is 5.75 Å². The summed E-state index contributed by atoms with van der Waals surface area (Å²) in [5.74, 6) is -0.263. The lowest BCUT2D eigenvalue weighted by molar-refractivity contribution is -0.385. The molecule has 6 nitrogen and oxygen atoms in total. The molecule has 0 atom stereocenters. The van der Waals surface area contributed by atoms with Gasteiger partial charge in [0.1, 0.15) is 17.9 Å². The molecule has 0 spiro atoms. The number of alkyl halides is 3. The van der Waals surface area contributed by atoms with E-state index in [1.54, 1.807) is 6.92 Å². The Morgan fingerprint density at radius 2 is 2.10 bits per heavy atom. The van der Waals surface area contributed by atoms with Gasteiger partial charge in [-0.05, 0) is 13.0 Å². The van der Waals surface area contributed by atoms with Crippen molar-refractivity contribution in [3.63, 3.8) is 0 Å². The number of ether oxygens (including phenoxy) is 1. The zero-order valence-corrected chi connectivity index (χ0v) is 10.7. The molecule has 1 heterocycles. The van der Waals surface area contributed by atoms with Crippen molar-refractivity contribution in [2.45, 2.75) is 19.7 Å². The quantitative estimate of drug-likeness (QED) is 0.638. The first-order valence-electron chi connectivity index (χ1n) is 5.68. The molecule has 0 unspecified atom stereocenters. The number of aromatic nitrogens is 1. The third-order valence-corrected chi connectivity index (χ3v) is 2.53. The van der Waals surface area contributed by atoms with E-state index >= 15 is 0 Å². The van der Waals surface area contributed by atoms with Crippen molar-refractivity contribution >= 4 is 5.69 Å². The van der Waals surface area contributed by atoms with Gasteiger partial charge in [-0.1, -0.05) is 5.16 Å². The SMILES string of the molecule is Cc1cc(COc2ccc([N+](=O)[O-])cc2C(F)(F)F)on1.